The minimum Gasteiger partial charge on any atom is -0.759 e. The molecule has 1 aliphatic rings. The maximum absolute atomic E-state index is 13.0. The Morgan fingerprint density at radius 3 is 2.14 bits per heavy atom. The third-order valence-electron chi connectivity index (χ3n) is 5.87. The second-order valence-electron chi connectivity index (χ2n) is 8.13. The molecular weight excluding hydrogens is 480 g/mol. The number of hydrogen-bond donors (Lipinski definition) is 0. The molecule has 0 unspecified atom stereocenters. The Morgan fingerprint density at radius 2 is 1.66 bits per heavy atom. The van der Waals surface area contributed by atoms with E-state index >= 15 is 0 Å². The lowest BCUT2D eigenvalue weighted by Crippen LogP contribution is -2.60. The van der Waals surface area contributed by atoms with Gasteiger partial charge < -0.3 is 23.6 Å². The van der Waals surface area contributed by atoms with Crippen LogP contribution in [0.3, 0.4) is 0 Å². The molecule has 1 saturated heterocycles. The highest BCUT2D eigenvalue weighted by Crippen LogP contribution is 2.34. The quantitative estimate of drug-likeness (QED) is 0.331. The molecule has 0 spiro atoms. The molecule has 0 atom stereocenters. The molecule has 1 amide bonds. The first-order valence-electron chi connectivity index (χ1n) is 11.3. The van der Waals surface area contributed by atoms with Gasteiger partial charge in [-0.3, -0.25) is 13.2 Å². The highest BCUT2D eigenvalue weighted by atomic mass is 32.3. The number of tetrazole rings is 1. The van der Waals surface area contributed by atoms with Crippen molar-refractivity contribution in [2.24, 2.45) is 0 Å². The summed E-state index contributed by atoms with van der Waals surface area (Å²) in [4.78, 5) is 29.4. The minimum absolute atomic E-state index is 0.106. The first-order valence-corrected chi connectivity index (χ1v) is 12.6. The molecule has 1 fully saturated rings. The summed E-state index contributed by atoms with van der Waals surface area (Å²) in [6.07, 6.45) is 2.05. The van der Waals surface area contributed by atoms with Crippen LogP contribution in [0.4, 0.5) is 5.69 Å². The molecule has 0 N–H and O–H groups in total. The van der Waals surface area contributed by atoms with Crippen molar-refractivity contribution in [1.82, 2.24) is 24.7 Å². The zero-order chi connectivity index (χ0) is 26.1. The molecule has 1 aromatic carbocycles. The van der Waals surface area contributed by atoms with Gasteiger partial charge in [0.05, 0.1) is 18.7 Å². The number of aryl methyl sites for hydroxylation is 1. The zero-order valence-corrected chi connectivity index (χ0v) is 21.0. The monoisotopic (exact) mass is 512 g/mol. The Kier molecular flexibility index (Phi) is 10.5. The molecule has 0 radical (unpaired) electrons. The first kappa shape index (κ1) is 28.6. The van der Waals surface area contributed by atoms with Crippen LogP contribution in [0.1, 0.15) is 33.1 Å². The van der Waals surface area contributed by atoms with Crippen LogP contribution in [0.15, 0.2) is 35.1 Å². The van der Waals surface area contributed by atoms with Crippen LogP contribution in [0.2, 0.25) is 0 Å². The molecule has 35 heavy (non-hydrogen) atoms. The third kappa shape index (κ3) is 8.21. The van der Waals surface area contributed by atoms with Gasteiger partial charge in [0.2, 0.25) is 5.91 Å². The summed E-state index contributed by atoms with van der Waals surface area (Å²) in [5, 5.41) is 7.82. The third-order valence-corrected chi connectivity index (χ3v) is 5.87. The van der Waals surface area contributed by atoms with Gasteiger partial charge in [0.1, 0.15) is 0 Å². The number of ether oxygens (including phenoxy) is 1. The zero-order valence-electron chi connectivity index (χ0n) is 20.2. The van der Waals surface area contributed by atoms with E-state index in [4.69, 9.17) is 22.3 Å². The molecule has 1 aromatic heterocycles. The fourth-order valence-corrected chi connectivity index (χ4v) is 4.19. The number of methoxy groups -OCH3 is 1. The van der Waals surface area contributed by atoms with Crippen LogP contribution >= 0.6 is 0 Å². The number of carbonyl (C=O) groups is 1. The van der Waals surface area contributed by atoms with Gasteiger partial charge in [-0.15, -0.1) is 0 Å². The second-order valence-corrected chi connectivity index (χ2v) is 8.94. The number of likely N-dealkylation sites (tertiary alicyclic amines) is 1. The predicted molar refractivity (Wildman–Crippen MR) is 125 cm³/mol. The lowest BCUT2D eigenvalue weighted by molar-refractivity contribution is -0.120. The molecule has 13 nitrogen and oxygen atoms in total. The molecule has 196 valence electrons. The number of hydrogen-bond acceptors (Lipinski definition) is 10. The van der Waals surface area contributed by atoms with E-state index in [1.54, 1.807) is 7.11 Å². The average Bonchev–Trinajstić information content (AvgIpc) is 3.18. The highest BCUT2D eigenvalue weighted by Gasteiger charge is 2.42. The number of amides is 1. The average molecular weight is 513 g/mol. The molecule has 0 saturated carbocycles. The Labute approximate surface area is 204 Å². The van der Waals surface area contributed by atoms with Gasteiger partial charge in [-0.2, -0.15) is 9.36 Å². The summed E-state index contributed by atoms with van der Waals surface area (Å²) in [7, 11) is -3.48. The summed E-state index contributed by atoms with van der Waals surface area (Å²) in [6.45, 7) is 7.64. The summed E-state index contributed by atoms with van der Waals surface area (Å²) >= 11 is 0. The van der Waals surface area contributed by atoms with Gasteiger partial charge in [-0.1, -0.05) is 25.1 Å². The number of piperidine rings is 1. The maximum atomic E-state index is 13.0. The maximum Gasteiger partial charge on any atom is 0.363 e. The summed E-state index contributed by atoms with van der Waals surface area (Å²) in [5.74, 6) is 0.106. The van der Waals surface area contributed by atoms with Crippen LogP contribution in [-0.2, 0) is 33.0 Å². The molecule has 0 aliphatic carbocycles. The van der Waals surface area contributed by atoms with E-state index in [0.29, 0.717) is 26.1 Å². The van der Waals surface area contributed by atoms with Crippen molar-refractivity contribution in [2.75, 3.05) is 38.3 Å². The molecular formula is C21H32N6O7S-2. The van der Waals surface area contributed by atoms with Crippen molar-refractivity contribution in [3.05, 3.63) is 40.8 Å². The number of nitrogens with zero attached hydrogens (tertiary/aromatic N) is 6. The normalized spacial score (nSPS) is 15.8. The van der Waals surface area contributed by atoms with Gasteiger partial charge in [-0.25, -0.2) is 4.79 Å². The van der Waals surface area contributed by atoms with Crippen LogP contribution in [0.5, 0.6) is 0 Å². The second kappa shape index (κ2) is 12.9. The van der Waals surface area contributed by atoms with Crippen LogP contribution < -0.4 is 10.6 Å². The van der Waals surface area contributed by atoms with E-state index in [0.717, 1.165) is 38.2 Å². The van der Waals surface area contributed by atoms with Gasteiger partial charge in [0.25, 0.3) is 0 Å². The number of aromatic nitrogens is 4. The number of anilines is 1. The first-order chi connectivity index (χ1) is 16.5. The summed E-state index contributed by atoms with van der Waals surface area (Å²) in [6, 6.07) is 9.85. The largest absolute Gasteiger partial charge is 0.759 e. The molecule has 2 heterocycles. The van der Waals surface area contributed by atoms with Crippen molar-refractivity contribution in [2.45, 2.75) is 51.7 Å². The Morgan fingerprint density at radius 1 is 1.09 bits per heavy atom. The number of carbonyl (C=O) groups excluding carboxylic acids is 1. The molecule has 14 heteroatoms. The van der Waals surface area contributed by atoms with Gasteiger partial charge in [0.15, 0.2) is 0 Å². The SMILES string of the molecule is CCC(=O)N(c1ccccc1)C1(COC)CCN(CCn2nnn(CC)c2=O)CC1.O=S(=O)([O-])[O-]. The Balaban J connectivity index is 0.000000784. The lowest BCUT2D eigenvalue weighted by Gasteiger charge is -2.48. The van der Waals surface area contributed by atoms with Gasteiger partial charge in [-0.05, 0) is 42.3 Å². The number of benzene rings is 1. The van der Waals surface area contributed by atoms with E-state index in [-0.39, 0.29) is 17.1 Å². The Hall–Kier alpha value is -2.65. The Bertz CT molecular complexity index is 1090. The molecule has 0 bridgehead atoms. The van der Waals surface area contributed by atoms with Crippen LogP contribution in [-0.4, -0.2) is 87.0 Å². The van der Waals surface area contributed by atoms with Gasteiger partial charge >= 0.3 is 5.69 Å². The topological polar surface area (TPSA) is 166 Å². The van der Waals surface area contributed by atoms with Crippen molar-refractivity contribution >= 4 is 22.0 Å². The van der Waals surface area contributed by atoms with E-state index in [1.807, 2.05) is 49.1 Å². The van der Waals surface area contributed by atoms with E-state index < -0.39 is 10.4 Å². The smallest absolute Gasteiger partial charge is 0.363 e. The van der Waals surface area contributed by atoms with Gasteiger partial charge in [0, 0.05) is 55.8 Å². The standard InChI is InChI=1S/C21H32N6O3.H2O4S/c1-4-19(28)27(18-9-7-6-8-10-18)21(17-30-3)11-13-24(14-12-21)15-16-26-20(29)25(5-2)22-23-26;1-5(2,3)4/h6-10H,4-5,11-17H2,1-3H3;(H2,1,2,3,4)/p-2. The minimum atomic E-state index is -5.17. The lowest BCUT2D eigenvalue weighted by atomic mass is 9.85. The predicted octanol–water partition coefficient (Wildman–Crippen LogP) is 0.0459. The van der Waals surface area contributed by atoms with E-state index in [1.165, 1.54) is 9.36 Å². The fraction of sp³-hybridized carbons (Fsp3) is 0.619. The molecule has 2 aromatic rings. The van der Waals surface area contributed by atoms with Crippen LogP contribution in [0.25, 0.3) is 0 Å². The number of rotatable bonds is 9. The number of para-hydroxylation sites is 1. The van der Waals surface area contributed by atoms with E-state index in [2.05, 4.69) is 15.3 Å². The van der Waals surface area contributed by atoms with E-state index in [9.17, 15) is 9.59 Å². The van der Waals surface area contributed by atoms with Crippen molar-refractivity contribution in [3.8, 4) is 0 Å². The van der Waals surface area contributed by atoms with Crippen molar-refractivity contribution in [3.63, 3.8) is 0 Å². The summed E-state index contributed by atoms with van der Waals surface area (Å²) in [5.41, 5.74) is 0.367. The summed E-state index contributed by atoms with van der Waals surface area (Å²) < 4.78 is 42.5. The molecule has 1 aliphatic heterocycles. The van der Waals surface area contributed by atoms with Crippen LogP contribution in [0, 0.1) is 0 Å². The molecule has 3 rings (SSSR count). The highest BCUT2D eigenvalue weighted by molar-refractivity contribution is 7.79. The fourth-order valence-electron chi connectivity index (χ4n) is 4.19. The van der Waals surface area contributed by atoms with Crippen molar-refractivity contribution in [1.29, 1.82) is 0 Å². The van der Waals surface area contributed by atoms with Crippen molar-refractivity contribution < 1.29 is 27.1 Å².